The lowest BCUT2D eigenvalue weighted by molar-refractivity contribution is -0.274. The van der Waals surface area contributed by atoms with E-state index in [9.17, 15) is 13.2 Å². The van der Waals surface area contributed by atoms with Gasteiger partial charge in [0.15, 0.2) is 5.88 Å². The molecule has 0 aliphatic carbocycles. The summed E-state index contributed by atoms with van der Waals surface area (Å²) in [5.41, 5.74) is 5.91. The summed E-state index contributed by atoms with van der Waals surface area (Å²) in [4.78, 5) is 3.97. The summed E-state index contributed by atoms with van der Waals surface area (Å²) in [5, 5.41) is 0. The highest BCUT2D eigenvalue weighted by atomic mass is 19.4. The molecule has 104 valence electrons. The van der Waals surface area contributed by atoms with Crippen LogP contribution < -0.4 is 10.5 Å². The van der Waals surface area contributed by atoms with Crippen molar-refractivity contribution in [2.24, 2.45) is 10.7 Å². The number of hydrogen-bond acceptors (Lipinski definition) is 4. The van der Waals surface area contributed by atoms with Gasteiger partial charge in [-0.3, -0.25) is 4.99 Å². The van der Waals surface area contributed by atoms with E-state index in [1.54, 1.807) is 6.92 Å². The average molecular weight is 274 g/mol. The van der Waals surface area contributed by atoms with Gasteiger partial charge in [-0.2, -0.15) is 0 Å². The normalized spacial score (nSPS) is 12.7. The van der Waals surface area contributed by atoms with E-state index < -0.39 is 6.36 Å². The lowest BCUT2D eigenvalue weighted by atomic mass is 10.3. The second-order valence-electron chi connectivity index (χ2n) is 3.32. The molecular weight excluding hydrogens is 261 g/mol. The Kier molecular flexibility index (Phi) is 5.23. The molecule has 1 aromatic rings. The molecule has 0 amide bonds. The van der Waals surface area contributed by atoms with E-state index in [1.165, 1.54) is 36.6 Å². The Hall–Kier alpha value is -2.18. The largest absolute Gasteiger partial charge is 0.573 e. The van der Waals surface area contributed by atoms with E-state index in [1.807, 2.05) is 0 Å². The van der Waals surface area contributed by atoms with Crippen LogP contribution >= 0.6 is 0 Å². The molecule has 0 saturated heterocycles. The number of allylic oxidation sites excluding steroid dienone is 1. The fourth-order valence-electron chi connectivity index (χ4n) is 1.15. The van der Waals surface area contributed by atoms with E-state index in [-0.39, 0.29) is 11.6 Å². The Balaban J connectivity index is 2.62. The zero-order valence-corrected chi connectivity index (χ0v) is 10.1. The minimum atomic E-state index is -4.69. The molecule has 0 atom stereocenters. The molecule has 0 fully saturated rings. The lowest BCUT2D eigenvalue weighted by Gasteiger charge is -2.08. The van der Waals surface area contributed by atoms with Crippen molar-refractivity contribution in [3.63, 3.8) is 0 Å². The van der Waals surface area contributed by atoms with Gasteiger partial charge in [0.2, 0.25) is 0 Å². The van der Waals surface area contributed by atoms with Gasteiger partial charge in [0.05, 0.1) is 12.3 Å². The number of benzene rings is 1. The predicted octanol–water partition coefficient (Wildman–Crippen LogP) is 3.12. The van der Waals surface area contributed by atoms with Gasteiger partial charge in [-0.05, 0) is 31.2 Å². The van der Waals surface area contributed by atoms with Crippen molar-refractivity contribution in [1.82, 2.24) is 0 Å². The number of aliphatic imine (C=N–C) groups is 1. The molecule has 0 heterocycles. The van der Waals surface area contributed by atoms with Crippen LogP contribution in [0.3, 0.4) is 0 Å². The summed E-state index contributed by atoms with van der Waals surface area (Å²) in [5.74, 6) is -0.0842. The van der Waals surface area contributed by atoms with E-state index in [4.69, 9.17) is 10.5 Å². The highest BCUT2D eigenvalue weighted by molar-refractivity contribution is 5.74. The number of halogens is 3. The van der Waals surface area contributed by atoms with Gasteiger partial charge in [0.1, 0.15) is 5.75 Å². The maximum atomic E-state index is 11.9. The third-order valence-electron chi connectivity index (χ3n) is 1.84. The van der Waals surface area contributed by atoms with Crippen molar-refractivity contribution in [2.75, 3.05) is 6.61 Å². The highest BCUT2D eigenvalue weighted by Crippen LogP contribution is 2.24. The SMILES string of the molecule is CCOC(N)=CC=Nc1ccc(OC(F)(F)F)cc1. The molecule has 0 bridgehead atoms. The smallest absolute Gasteiger partial charge is 0.480 e. The number of hydrogen-bond donors (Lipinski definition) is 1. The topological polar surface area (TPSA) is 56.8 Å². The van der Waals surface area contributed by atoms with Gasteiger partial charge in [0, 0.05) is 12.3 Å². The van der Waals surface area contributed by atoms with Gasteiger partial charge >= 0.3 is 6.36 Å². The second kappa shape index (κ2) is 6.67. The van der Waals surface area contributed by atoms with Crippen LogP contribution in [0.2, 0.25) is 0 Å². The lowest BCUT2D eigenvalue weighted by Crippen LogP contribution is -2.16. The third kappa shape index (κ3) is 6.35. The second-order valence-corrected chi connectivity index (χ2v) is 3.32. The monoisotopic (exact) mass is 274 g/mol. The first kappa shape index (κ1) is 14.9. The molecule has 0 saturated carbocycles. The summed E-state index contributed by atoms with van der Waals surface area (Å²) in [6.45, 7) is 2.23. The van der Waals surface area contributed by atoms with Crippen molar-refractivity contribution < 1.29 is 22.6 Å². The highest BCUT2D eigenvalue weighted by Gasteiger charge is 2.30. The molecule has 0 aromatic heterocycles. The van der Waals surface area contributed by atoms with Crippen LogP contribution in [0.25, 0.3) is 0 Å². The van der Waals surface area contributed by atoms with Crippen LogP contribution in [-0.2, 0) is 4.74 Å². The molecular formula is C12H13F3N2O2. The van der Waals surface area contributed by atoms with Crippen molar-refractivity contribution >= 4 is 11.9 Å². The van der Waals surface area contributed by atoms with Crippen LogP contribution in [0.15, 0.2) is 41.2 Å². The number of rotatable bonds is 5. The van der Waals surface area contributed by atoms with Gasteiger partial charge in [-0.15, -0.1) is 13.2 Å². The molecule has 4 nitrogen and oxygen atoms in total. The first-order valence-corrected chi connectivity index (χ1v) is 5.39. The summed E-state index contributed by atoms with van der Waals surface area (Å²) < 4.78 is 44.4. The van der Waals surface area contributed by atoms with Crippen molar-refractivity contribution in [2.45, 2.75) is 13.3 Å². The zero-order valence-electron chi connectivity index (χ0n) is 10.1. The molecule has 1 rings (SSSR count). The molecule has 0 radical (unpaired) electrons. The number of ether oxygens (including phenoxy) is 2. The Morgan fingerprint density at radius 2 is 1.95 bits per heavy atom. The number of alkyl halides is 3. The Bertz CT molecular complexity index is 453. The molecule has 7 heteroatoms. The zero-order chi connectivity index (χ0) is 14.3. The minimum Gasteiger partial charge on any atom is -0.480 e. The van der Waals surface area contributed by atoms with Gasteiger partial charge in [-0.25, -0.2) is 0 Å². The maximum absolute atomic E-state index is 11.9. The van der Waals surface area contributed by atoms with Gasteiger partial charge < -0.3 is 15.2 Å². The number of nitrogens with two attached hydrogens (primary N) is 1. The summed E-state index contributed by atoms with van der Waals surface area (Å²) in [6, 6.07) is 5.14. The van der Waals surface area contributed by atoms with Crippen LogP contribution in [0.4, 0.5) is 18.9 Å². The Morgan fingerprint density at radius 1 is 1.32 bits per heavy atom. The van der Waals surface area contributed by atoms with Crippen LogP contribution in [0.5, 0.6) is 5.75 Å². The maximum Gasteiger partial charge on any atom is 0.573 e. The van der Waals surface area contributed by atoms with E-state index in [0.29, 0.717) is 12.3 Å². The quantitative estimate of drug-likeness (QED) is 0.663. The van der Waals surface area contributed by atoms with Gasteiger partial charge in [0.25, 0.3) is 0 Å². The average Bonchev–Trinajstić information content (AvgIpc) is 2.30. The fourth-order valence-corrected chi connectivity index (χ4v) is 1.15. The molecule has 0 aliphatic rings. The fraction of sp³-hybridized carbons (Fsp3) is 0.250. The molecule has 1 aromatic carbocycles. The van der Waals surface area contributed by atoms with Crippen LogP contribution in [-0.4, -0.2) is 19.2 Å². The van der Waals surface area contributed by atoms with E-state index in [2.05, 4.69) is 9.73 Å². The molecule has 0 unspecified atom stereocenters. The van der Waals surface area contributed by atoms with E-state index >= 15 is 0 Å². The summed E-state index contributed by atoms with van der Waals surface area (Å²) in [7, 11) is 0. The molecule has 2 N–H and O–H groups in total. The summed E-state index contributed by atoms with van der Waals surface area (Å²) in [6.07, 6.45) is -1.85. The number of nitrogens with zero attached hydrogens (tertiary/aromatic N) is 1. The first-order chi connectivity index (χ1) is 8.90. The Labute approximate surface area is 108 Å². The standard InChI is InChI=1S/C12H13F3N2O2/c1-2-18-11(16)7-8-17-9-3-5-10(6-4-9)19-12(13,14)15/h3-8H,2,16H2,1H3. The third-order valence-corrected chi connectivity index (χ3v) is 1.84. The minimum absolute atomic E-state index is 0.211. The van der Waals surface area contributed by atoms with Crippen molar-refractivity contribution in [1.29, 1.82) is 0 Å². The van der Waals surface area contributed by atoms with Crippen molar-refractivity contribution in [3.05, 3.63) is 36.2 Å². The van der Waals surface area contributed by atoms with Crippen LogP contribution in [0, 0.1) is 0 Å². The van der Waals surface area contributed by atoms with Crippen LogP contribution in [0.1, 0.15) is 6.92 Å². The van der Waals surface area contributed by atoms with Crippen molar-refractivity contribution in [3.8, 4) is 5.75 Å². The molecule has 0 aliphatic heterocycles. The first-order valence-electron chi connectivity index (χ1n) is 5.39. The predicted molar refractivity (Wildman–Crippen MR) is 65.2 cm³/mol. The van der Waals surface area contributed by atoms with E-state index in [0.717, 1.165) is 0 Å². The Morgan fingerprint density at radius 3 is 2.47 bits per heavy atom. The van der Waals surface area contributed by atoms with Gasteiger partial charge in [-0.1, -0.05) is 0 Å². The molecule has 0 spiro atoms. The summed E-state index contributed by atoms with van der Waals surface area (Å²) >= 11 is 0. The molecule has 19 heavy (non-hydrogen) atoms.